The van der Waals surface area contributed by atoms with Crippen LogP contribution in [0.2, 0.25) is 0 Å². The Labute approximate surface area is 129 Å². The molecule has 1 N–H and O–H groups in total. The molecule has 23 heavy (non-hydrogen) atoms. The molecule has 0 spiro atoms. The Bertz CT molecular complexity index is 562. The van der Waals surface area contributed by atoms with Crippen LogP contribution in [0.5, 0.6) is 5.75 Å². The second-order valence-electron chi connectivity index (χ2n) is 4.87. The van der Waals surface area contributed by atoms with Gasteiger partial charge in [-0.15, -0.1) is 0 Å². The third kappa shape index (κ3) is 5.68. The number of ether oxygens (including phenoxy) is 3. The lowest BCUT2D eigenvalue weighted by atomic mass is 10.1. The largest absolute Gasteiger partial charge is 0.467 e. The number of nitrogens with one attached hydrogen (secondary N) is 1. The number of benzene rings is 1. The number of hydrogen-bond donors (Lipinski definition) is 1. The Morgan fingerprint density at radius 3 is 2.87 bits per heavy atom. The minimum Gasteiger partial charge on any atom is -0.467 e. The fraction of sp³-hybridized carbons (Fsp3) is 0.500. The zero-order chi connectivity index (χ0) is 16.9. The van der Waals surface area contributed by atoms with Crippen molar-refractivity contribution in [1.82, 2.24) is 5.32 Å². The minimum absolute atomic E-state index is 0.0588. The maximum atomic E-state index is 13.5. The van der Waals surface area contributed by atoms with Gasteiger partial charge in [0.05, 0.1) is 6.61 Å². The van der Waals surface area contributed by atoms with Gasteiger partial charge in [0.2, 0.25) is 5.91 Å². The predicted molar refractivity (Wildman–Crippen MR) is 70.3 cm³/mol. The molecular formula is C14H15F4NO4. The smallest absolute Gasteiger partial charge is 0.411 e. The lowest BCUT2D eigenvalue weighted by Crippen LogP contribution is -2.31. The summed E-state index contributed by atoms with van der Waals surface area (Å²) >= 11 is 0. The zero-order valence-electron chi connectivity index (χ0n) is 12.0. The highest BCUT2D eigenvalue weighted by atomic mass is 19.4. The highest BCUT2D eigenvalue weighted by Gasteiger charge is 2.27. The van der Waals surface area contributed by atoms with E-state index in [4.69, 9.17) is 9.47 Å². The summed E-state index contributed by atoms with van der Waals surface area (Å²) < 4.78 is 63.7. The van der Waals surface area contributed by atoms with Crippen molar-refractivity contribution in [2.75, 3.05) is 26.6 Å². The van der Waals surface area contributed by atoms with Crippen LogP contribution < -0.4 is 10.1 Å². The van der Waals surface area contributed by atoms with Gasteiger partial charge in [-0.2, -0.15) is 13.2 Å². The van der Waals surface area contributed by atoms with Gasteiger partial charge in [-0.05, 0) is 24.1 Å². The molecule has 1 aromatic carbocycles. The Morgan fingerprint density at radius 2 is 2.13 bits per heavy atom. The summed E-state index contributed by atoms with van der Waals surface area (Å²) in [6, 6.07) is 2.60. The second kappa shape index (κ2) is 7.60. The Balaban J connectivity index is 1.80. The molecule has 0 atom stereocenters. The molecule has 1 aliphatic rings. The SMILES string of the molecule is O=C(COCC(F)(F)F)NCCc1cc(F)cc2c1OCOC2. The monoisotopic (exact) mass is 337 g/mol. The molecule has 0 saturated carbocycles. The lowest BCUT2D eigenvalue weighted by molar-refractivity contribution is -0.175. The summed E-state index contributed by atoms with van der Waals surface area (Å²) in [5.74, 6) is -0.614. The van der Waals surface area contributed by atoms with Gasteiger partial charge in [-0.1, -0.05) is 0 Å². The van der Waals surface area contributed by atoms with E-state index in [1.165, 1.54) is 12.1 Å². The van der Waals surface area contributed by atoms with E-state index in [-0.39, 0.29) is 26.4 Å². The molecule has 0 aliphatic carbocycles. The highest BCUT2D eigenvalue weighted by molar-refractivity contribution is 5.77. The molecule has 5 nitrogen and oxygen atoms in total. The average Bonchev–Trinajstić information content (AvgIpc) is 2.45. The molecule has 1 aliphatic heterocycles. The molecule has 9 heteroatoms. The summed E-state index contributed by atoms with van der Waals surface area (Å²) in [7, 11) is 0. The van der Waals surface area contributed by atoms with Crippen LogP contribution in [0.25, 0.3) is 0 Å². The summed E-state index contributed by atoms with van der Waals surface area (Å²) in [6.45, 7) is -1.76. The first-order chi connectivity index (χ1) is 10.8. The average molecular weight is 337 g/mol. The van der Waals surface area contributed by atoms with E-state index in [9.17, 15) is 22.4 Å². The zero-order valence-corrected chi connectivity index (χ0v) is 12.0. The van der Waals surface area contributed by atoms with Crippen molar-refractivity contribution < 1.29 is 36.6 Å². The molecule has 128 valence electrons. The first-order valence-corrected chi connectivity index (χ1v) is 6.78. The van der Waals surface area contributed by atoms with E-state index >= 15 is 0 Å². The van der Waals surface area contributed by atoms with E-state index in [0.29, 0.717) is 16.9 Å². The molecule has 0 saturated heterocycles. The number of alkyl halides is 3. The van der Waals surface area contributed by atoms with Crippen LogP contribution in [0.1, 0.15) is 11.1 Å². The molecular weight excluding hydrogens is 322 g/mol. The third-order valence-corrected chi connectivity index (χ3v) is 2.97. The lowest BCUT2D eigenvalue weighted by Gasteiger charge is -2.21. The van der Waals surface area contributed by atoms with Gasteiger partial charge >= 0.3 is 6.18 Å². The van der Waals surface area contributed by atoms with Gasteiger partial charge in [0.15, 0.2) is 6.79 Å². The molecule has 1 heterocycles. The van der Waals surface area contributed by atoms with Gasteiger partial charge in [0, 0.05) is 12.1 Å². The molecule has 0 aromatic heterocycles. The maximum Gasteiger partial charge on any atom is 0.411 e. The fourth-order valence-corrected chi connectivity index (χ4v) is 2.09. The van der Waals surface area contributed by atoms with E-state index in [1.54, 1.807) is 0 Å². The Hall–Kier alpha value is -1.87. The van der Waals surface area contributed by atoms with Crippen LogP contribution >= 0.6 is 0 Å². The Morgan fingerprint density at radius 1 is 1.35 bits per heavy atom. The van der Waals surface area contributed by atoms with Crippen LogP contribution in [0.3, 0.4) is 0 Å². The predicted octanol–water partition coefficient (Wildman–Crippen LogP) is 1.93. The summed E-state index contributed by atoms with van der Waals surface area (Å²) in [5, 5.41) is 2.40. The Kier molecular flexibility index (Phi) is 5.78. The number of halogens is 4. The molecule has 1 aromatic rings. The summed E-state index contributed by atoms with van der Waals surface area (Å²) in [5.41, 5.74) is 1.13. The summed E-state index contributed by atoms with van der Waals surface area (Å²) in [6.07, 6.45) is -4.20. The molecule has 1 amide bonds. The fourth-order valence-electron chi connectivity index (χ4n) is 2.09. The number of rotatable bonds is 6. The van der Waals surface area contributed by atoms with Gasteiger partial charge in [-0.3, -0.25) is 4.79 Å². The van der Waals surface area contributed by atoms with Gasteiger partial charge in [0.1, 0.15) is 24.8 Å². The molecule has 2 rings (SSSR count). The molecule has 0 unspecified atom stereocenters. The quantitative estimate of drug-likeness (QED) is 0.806. The van der Waals surface area contributed by atoms with Crippen molar-refractivity contribution in [2.24, 2.45) is 0 Å². The van der Waals surface area contributed by atoms with Gasteiger partial charge < -0.3 is 19.5 Å². The molecule has 0 radical (unpaired) electrons. The van der Waals surface area contributed by atoms with Gasteiger partial charge in [0.25, 0.3) is 0 Å². The van der Waals surface area contributed by atoms with Crippen molar-refractivity contribution in [3.63, 3.8) is 0 Å². The minimum atomic E-state index is -4.47. The van der Waals surface area contributed by atoms with Crippen molar-refractivity contribution in [3.05, 3.63) is 29.1 Å². The van der Waals surface area contributed by atoms with Crippen molar-refractivity contribution in [1.29, 1.82) is 0 Å². The topological polar surface area (TPSA) is 56.8 Å². The first-order valence-electron chi connectivity index (χ1n) is 6.78. The van der Waals surface area contributed by atoms with Crippen molar-refractivity contribution in [3.8, 4) is 5.75 Å². The normalized spacial score (nSPS) is 14.1. The van der Waals surface area contributed by atoms with Gasteiger partial charge in [-0.25, -0.2) is 4.39 Å². The van der Waals surface area contributed by atoms with Crippen LogP contribution in [-0.4, -0.2) is 38.6 Å². The highest BCUT2D eigenvalue weighted by Crippen LogP contribution is 2.29. The van der Waals surface area contributed by atoms with Crippen LogP contribution in [-0.2, 0) is 27.3 Å². The summed E-state index contributed by atoms with van der Waals surface area (Å²) in [4.78, 5) is 11.3. The number of carbonyl (C=O) groups is 1. The van der Waals surface area contributed by atoms with Crippen molar-refractivity contribution in [2.45, 2.75) is 19.2 Å². The molecule has 0 bridgehead atoms. The molecule has 0 fully saturated rings. The number of carbonyl (C=O) groups excluding carboxylic acids is 1. The van der Waals surface area contributed by atoms with E-state index in [2.05, 4.69) is 10.1 Å². The van der Waals surface area contributed by atoms with E-state index in [0.717, 1.165) is 0 Å². The number of fused-ring (bicyclic) bond motifs is 1. The standard InChI is InChI=1S/C14H15F4NO4/c15-11-3-9(13-10(4-11)5-22-8-23-13)1-2-19-12(20)6-21-7-14(16,17)18/h3-4H,1-2,5-8H2,(H,19,20). The van der Waals surface area contributed by atoms with Crippen LogP contribution in [0.4, 0.5) is 17.6 Å². The van der Waals surface area contributed by atoms with Crippen LogP contribution in [0.15, 0.2) is 12.1 Å². The third-order valence-electron chi connectivity index (χ3n) is 2.97. The number of amides is 1. The van der Waals surface area contributed by atoms with E-state index < -0.39 is 31.1 Å². The van der Waals surface area contributed by atoms with E-state index in [1.807, 2.05) is 0 Å². The van der Waals surface area contributed by atoms with Crippen LogP contribution in [0, 0.1) is 5.82 Å². The van der Waals surface area contributed by atoms with Crippen molar-refractivity contribution >= 4 is 5.91 Å². The number of hydrogen-bond acceptors (Lipinski definition) is 4. The second-order valence-corrected chi connectivity index (χ2v) is 4.87. The maximum absolute atomic E-state index is 13.5. The first kappa shape index (κ1) is 17.5.